The van der Waals surface area contributed by atoms with Crippen LogP contribution in [0.3, 0.4) is 0 Å². The van der Waals surface area contributed by atoms with Crippen molar-refractivity contribution in [3.05, 3.63) is 0 Å². The van der Waals surface area contributed by atoms with Gasteiger partial charge in [-0.2, -0.15) is 0 Å². The maximum absolute atomic E-state index is 10.9. The van der Waals surface area contributed by atoms with Gasteiger partial charge in [0.25, 0.3) is 0 Å². The van der Waals surface area contributed by atoms with Crippen LogP contribution in [0.15, 0.2) is 0 Å². The molecule has 0 unspecified atom stereocenters. The van der Waals surface area contributed by atoms with Crippen LogP contribution in [0.2, 0.25) is 6.04 Å². The fraction of sp³-hybridized carbons (Fsp3) is 0.909. The molecule has 0 saturated carbocycles. The molecule has 0 atom stereocenters. The van der Waals surface area contributed by atoms with E-state index >= 15 is 0 Å². The molecule has 0 radical (unpaired) electrons. The number of aliphatic carboxylic acids is 1. The largest absolute Gasteiger partial charge is 0.544 e. The van der Waals surface area contributed by atoms with Crippen LogP contribution in [0, 0.1) is 0 Å². The van der Waals surface area contributed by atoms with Gasteiger partial charge in [0.05, 0.1) is 31.6 Å². The first-order valence-corrected chi connectivity index (χ1v) is 8.06. The number of carbonyl (C=O) groups excluding carboxylic acids is 1. The van der Waals surface area contributed by atoms with Crippen molar-refractivity contribution in [1.82, 2.24) is 0 Å². The van der Waals surface area contributed by atoms with Crippen LogP contribution in [0.1, 0.15) is 13.8 Å². The van der Waals surface area contributed by atoms with Crippen LogP contribution in [0.25, 0.3) is 0 Å². The van der Waals surface area contributed by atoms with Crippen LogP contribution >= 0.6 is 0 Å². The Morgan fingerprint density at radius 1 is 1.11 bits per heavy atom. The molecule has 0 rings (SSSR count). The number of carboxylic acids is 1. The Labute approximate surface area is 110 Å². The fourth-order valence-electron chi connectivity index (χ4n) is 2.05. The third kappa shape index (κ3) is 4.66. The van der Waals surface area contributed by atoms with E-state index in [2.05, 4.69) is 0 Å². The predicted molar refractivity (Wildman–Crippen MR) is 67.7 cm³/mol. The lowest BCUT2D eigenvalue weighted by Crippen LogP contribution is -2.57. The maximum atomic E-state index is 10.9. The molecule has 0 aromatic rings. The number of hydrogen-bond donors (Lipinski definition) is 0. The van der Waals surface area contributed by atoms with Crippen molar-refractivity contribution in [2.24, 2.45) is 0 Å². The van der Waals surface area contributed by atoms with Crippen molar-refractivity contribution in [3.63, 3.8) is 0 Å². The van der Waals surface area contributed by atoms with Crippen molar-refractivity contribution in [2.45, 2.75) is 19.9 Å². The smallest absolute Gasteiger partial charge is 0.505 e. The van der Waals surface area contributed by atoms with E-state index in [-0.39, 0.29) is 6.54 Å². The van der Waals surface area contributed by atoms with Gasteiger partial charge < -0.3 is 27.7 Å². The number of hydrogen-bond acceptors (Lipinski definition) is 5. The van der Waals surface area contributed by atoms with Gasteiger partial charge in [0.2, 0.25) is 0 Å². The van der Waals surface area contributed by atoms with E-state index in [0.717, 1.165) is 13.1 Å². The van der Waals surface area contributed by atoms with Gasteiger partial charge in [0.1, 0.15) is 6.54 Å². The van der Waals surface area contributed by atoms with Crippen molar-refractivity contribution in [1.29, 1.82) is 0 Å². The van der Waals surface area contributed by atoms with Gasteiger partial charge in [-0.1, -0.05) is 0 Å². The SMILES string of the molecule is CC[N+](CC)(CC[Si](OC)(OC)OC)CC(=O)[O-]. The standard InChI is InChI=1S/C11H25NO5Si/c1-6-12(7-2,10-11(13)14)8-9-18(15-3,16-4)17-5/h6-10H2,1-5H3. The highest BCUT2D eigenvalue weighted by Crippen LogP contribution is 2.17. The van der Waals surface area contributed by atoms with Gasteiger partial charge in [-0.25, -0.2) is 0 Å². The maximum Gasteiger partial charge on any atom is 0.505 e. The zero-order chi connectivity index (χ0) is 14.2. The Morgan fingerprint density at radius 3 is 1.83 bits per heavy atom. The highest BCUT2D eigenvalue weighted by atomic mass is 28.4. The van der Waals surface area contributed by atoms with Gasteiger partial charge in [0.15, 0.2) is 0 Å². The summed E-state index contributed by atoms with van der Waals surface area (Å²) in [4.78, 5) is 10.9. The van der Waals surface area contributed by atoms with Crippen molar-refractivity contribution < 1.29 is 27.7 Å². The highest BCUT2D eigenvalue weighted by molar-refractivity contribution is 6.60. The molecule has 108 valence electrons. The van der Waals surface area contributed by atoms with Crippen LogP contribution in [0.4, 0.5) is 0 Å². The summed E-state index contributed by atoms with van der Waals surface area (Å²) in [6, 6.07) is 0.589. The molecule has 0 fully saturated rings. The molecule has 0 aromatic heterocycles. The number of likely N-dealkylation sites (N-methyl/N-ethyl adjacent to an activating group) is 1. The van der Waals surface area contributed by atoms with Crippen LogP contribution < -0.4 is 5.11 Å². The lowest BCUT2D eigenvalue weighted by molar-refractivity contribution is -0.917. The Morgan fingerprint density at radius 2 is 1.56 bits per heavy atom. The normalized spacial score (nSPS) is 12.7. The van der Waals surface area contributed by atoms with E-state index in [1.165, 1.54) is 0 Å². The summed E-state index contributed by atoms with van der Waals surface area (Å²) in [5.41, 5.74) is 0. The summed E-state index contributed by atoms with van der Waals surface area (Å²) < 4.78 is 16.5. The zero-order valence-corrected chi connectivity index (χ0v) is 13.0. The molecular formula is C11H25NO5Si. The third-order valence-electron chi connectivity index (χ3n) is 3.63. The molecule has 0 N–H and O–H groups in total. The average molecular weight is 279 g/mol. The molecule has 0 spiro atoms. The topological polar surface area (TPSA) is 67.8 Å². The summed E-state index contributed by atoms with van der Waals surface area (Å²) in [5.74, 6) is -1.03. The van der Waals surface area contributed by atoms with Gasteiger partial charge in [-0.3, -0.25) is 0 Å². The molecule has 0 amide bonds. The van der Waals surface area contributed by atoms with Crippen molar-refractivity contribution in [2.75, 3.05) is 47.5 Å². The van der Waals surface area contributed by atoms with E-state index in [9.17, 15) is 9.90 Å². The lowest BCUT2D eigenvalue weighted by Gasteiger charge is -2.38. The highest BCUT2D eigenvalue weighted by Gasteiger charge is 2.41. The molecule has 0 heterocycles. The first-order chi connectivity index (χ1) is 8.43. The Bertz CT molecular complexity index is 246. The molecule has 0 saturated heterocycles. The first-order valence-electron chi connectivity index (χ1n) is 6.13. The number of rotatable bonds is 10. The molecule has 0 bridgehead atoms. The molecule has 7 heteroatoms. The summed E-state index contributed by atoms with van der Waals surface area (Å²) >= 11 is 0. The van der Waals surface area contributed by atoms with Crippen LogP contribution in [0.5, 0.6) is 0 Å². The average Bonchev–Trinajstić information content (AvgIpc) is 2.39. The van der Waals surface area contributed by atoms with Crippen molar-refractivity contribution >= 4 is 14.8 Å². The molecule has 0 aliphatic rings. The molecule has 18 heavy (non-hydrogen) atoms. The number of carboxylic acid groups (broad SMARTS) is 1. The van der Waals surface area contributed by atoms with E-state index in [1.54, 1.807) is 21.3 Å². The number of carbonyl (C=O) groups is 1. The van der Waals surface area contributed by atoms with Gasteiger partial charge >= 0.3 is 8.80 Å². The molecule has 0 aromatic carbocycles. The van der Waals surface area contributed by atoms with Crippen LogP contribution in [-0.2, 0) is 18.1 Å². The summed E-state index contributed by atoms with van der Waals surface area (Å²) in [5, 5.41) is 10.9. The number of nitrogens with zero attached hydrogens (tertiary/aromatic N) is 1. The second-order valence-corrected chi connectivity index (χ2v) is 7.36. The van der Waals surface area contributed by atoms with Gasteiger partial charge in [-0.05, 0) is 13.8 Å². The third-order valence-corrected chi connectivity index (χ3v) is 6.33. The molecule has 0 aliphatic carbocycles. The minimum atomic E-state index is -2.64. The zero-order valence-electron chi connectivity index (χ0n) is 12.0. The second kappa shape index (κ2) is 7.85. The Kier molecular flexibility index (Phi) is 7.65. The quantitative estimate of drug-likeness (QED) is 0.397. The van der Waals surface area contributed by atoms with Gasteiger partial charge in [0, 0.05) is 21.3 Å². The molecule has 6 nitrogen and oxygen atoms in total. The van der Waals surface area contributed by atoms with E-state index in [1.807, 2.05) is 13.8 Å². The predicted octanol–water partition coefficient (Wildman–Crippen LogP) is -0.529. The van der Waals surface area contributed by atoms with E-state index in [0.29, 0.717) is 17.1 Å². The molecular weight excluding hydrogens is 254 g/mol. The Hall–Kier alpha value is -0.473. The van der Waals surface area contributed by atoms with Crippen LogP contribution in [-0.4, -0.2) is 66.8 Å². The van der Waals surface area contributed by atoms with Gasteiger partial charge in [-0.15, -0.1) is 0 Å². The lowest BCUT2D eigenvalue weighted by atomic mass is 10.3. The summed E-state index contributed by atoms with van der Waals surface area (Å²) in [7, 11) is 2.04. The van der Waals surface area contributed by atoms with E-state index < -0.39 is 14.8 Å². The summed E-state index contributed by atoms with van der Waals surface area (Å²) in [6.45, 7) is 6.06. The monoisotopic (exact) mass is 279 g/mol. The minimum Gasteiger partial charge on any atom is -0.544 e. The minimum absolute atomic E-state index is 0.00855. The Balaban J connectivity index is 4.73. The number of quaternary nitrogens is 1. The fourth-order valence-corrected chi connectivity index (χ4v) is 3.91. The summed E-state index contributed by atoms with van der Waals surface area (Å²) in [6.07, 6.45) is 0. The first kappa shape index (κ1) is 17.5. The second-order valence-electron chi connectivity index (χ2n) is 4.27. The van der Waals surface area contributed by atoms with Crippen molar-refractivity contribution in [3.8, 4) is 0 Å². The molecule has 0 aliphatic heterocycles. The van der Waals surface area contributed by atoms with E-state index in [4.69, 9.17) is 13.3 Å².